The average Bonchev–Trinajstić information content (AvgIpc) is 2.31. The minimum Gasteiger partial charge on any atom is -0.383 e. The number of methoxy groups -OCH3 is 1. The summed E-state index contributed by atoms with van der Waals surface area (Å²) >= 11 is 0. The van der Waals surface area contributed by atoms with E-state index < -0.39 is 29.2 Å². The van der Waals surface area contributed by atoms with Crippen molar-refractivity contribution < 1.29 is 22.3 Å². The second kappa shape index (κ2) is 5.81. The lowest BCUT2D eigenvalue weighted by Gasteiger charge is -2.23. The van der Waals surface area contributed by atoms with Crippen molar-refractivity contribution in [1.82, 2.24) is 4.98 Å². The van der Waals surface area contributed by atoms with Gasteiger partial charge in [0.25, 0.3) is 11.9 Å². The van der Waals surface area contributed by atoms with Crippen LogP contribution < -0.4 is 4.90 Å². The summed E-state index contributed by atoms with van der Waals surface area (Å²) in [4.78, 5) is 3.63. The predicted molar refractivity (Wildman–Crippen MR) is 53.8 cm³/mol. The standard InChI is InChI=1S/C10H12F4N2O/c1-3-16(4-5-17-2)8-6(11)9(13)15-10(14)7(8)12/h3-5H2,1-2H3. The first-order valence-electron chi connectivity index (χ1n) is 4.96. The monoisotopic (exact) mass is 252 g/mol. The number of nitrogens with zero attached hydrogens (tertiary/aromatic N) is 2. The molecule has 1 aromatic heterocycles. The van der Waals surface area contributed by atoms with Gasteiger partial charge in [-0.3, -0.25) is 0 Å². The molecular weight excluding hydrogens is 240 g/mol. The van der Waals surface area contributed by atoms with Crippen LogP contribution >= 0.6 is 0 Å². The molecule has 0 spiro atoms. The number of ether oxygens (including phenoxy) is 1. The van der Waals surface area contributed by atoms with E-state index in [0.29, 0.717) is 0 Å². The fourth-order valence-electron chi connectivity index (χ4n) is 1.38. The van der Waals surface area contributed by atoms with Crippen LogP contribution in [0.15, 0.2) is 0 Å². The lowest BCUT2D eigenvalue weighted by Crippen LogP contribution is -2.29. The van der Waals surface area contributed by atoms with E-state index in [2.05, 4.69) is 4.98 Å². The molecule has 0 fully saturated rings. The van der Waals surface area contributed by atoms with Gasteiger partial charge in [0.05, 0.1) is 6.61 Å². The van der Waals surface area contributed by atoms with Crippen molar-refractivity contribution in [2.75, 3.05) is 31.7 Å². The number of pyridine rings is 1. The van der Waals surface area contributed by atoms with Crippen LogP contribution in [0.1, 0.15) is 6.92 Å². The fraction of sp³-hybridized carbons (Fsp3) is 0.500. The van der Waals surface area contributed by atoms with E-state index in [1.165, 1.54) is 7.11 Å². The number of hydrogen-bond donors (Lipinski definition) is 0. The summed E-state index contributed by atoms with van der Waals surface area (Å²) in [5, 5.41) is 0. The molecule has 0 bridgehead atoms. The number of aromatic nitrogens is 1. The Bertz CT molecular complexity index is 374. The summed E-state index contributed by atoms with van der Waals surface area (Å²) < 4.78 is 57.3. The lowest BCUT2D eigenvalue weighted by molar-refractivity contribution is 0.205. The van der Waals surface area contributed by atoms with Crippen LogP contribution in [0, 0.1) is 23.5 Å². The number of likely N-dealkylation sites (N-methyl/N-ethyl adjacent to an activating group) is 1. The molecular formula is C10H12F4N2O. The van der Waals surface area contributed by atoms with Crippen LogP contribution in [0.3, 0.4) is 0 Å². The Labute approximate surface area is 96.0 Å². The summed E-state index contributed by atoms with van der Waals surface area (Å²) in [7, 11) is 1.41. The van der Waals surface area contributed by atoms with Gasteiger partial charge in [0.1, 0.15) is 5.69 Å². The summed E-state index contributed by atoms with van der Waals surface area (Å²) in [6.45, 7) is 2.08. The number of hydrogen-bond acceptors (Lipinski definition) is 3. The van der Waals surface area contributed by atoms with Crippen molar-refractivity contribution in [3.8, 4) is 0 Å². The maximum absolute atomic E-state index is 13.4. The Kier molecular flexibility index (Phi) is 4.68. The van der Waals surface area contributed by atoms with E-state index in [-0.39, 0.29) is 19.7 Å². The third-order valence-electron chi connectivity index (χ3n) is 2.24. The van der Waals surface area contributed by atoms with E-state index in [1.807, 2.05) is 0 Å². The Hall–Kier alpha value is -1.37. The summed E-state index contributed by atoms with van der Waals surface area (Å²) in [6, 6.07) is 0. The molecule has 17 heavy (non-hydrogen) atoms. The van der Waals surface area contributed by atoms with Gasteiger partial charge in [-0.05, 0) is 6.92 Å². The number of anilines is 1. The van der Waals surface area contributed by atoms with Crippen LogP contribution in [-0.4, -0.2) is 31.8 Å². The van der Waals surface area contributed by atoms with Crippen molar-refractivity contribution in [3.05, 3.63) is 23.5 Å². The molecule has 0 N–H and O–H groups in total. The fourth-order valence-corrected chi connectivity index (χ4v) is 1.38. The molecule has 96 valence electrons. The van der Waals surface area contributed by atoms with Crippen molar-refractivity contribution in [1.29, 1.82) is 0 Å². The Morgan fingerprint density at radius 3 is 2.06 bits per heavy atom. The van der Waals surface area contributed by atoms with Crippen molar-refractivity contribution in [2.45, 2.75) is 6.92 Å². The van der Waals surface area contributed by atoms with Gasteiger partial charge in [-0.15, -0.1) is 0 Å². The Morgan fingerprint density at radius 1 is 1.12 bits per heavy atom. The van der Waals surface area contributed by atoms with E-state index in [0.717, 1.165) is 4.90 Å². The Balaban J connectivity index is 3.17. The zero-order chi connectivity index (χ0) is 13.0. The highest BCUT2D eigenvalue weighted by Gasteiger charge is 2.24. The number of rotatable bonds is 5. The minimum absolute atomic E-state index is 0.115. The highest BCUT2D eigenvalue weighted by atomic mass is 19.2. The molecule has 0 unspecified atom stereocenters. The van der Waals surface area contributed by atoms with Gasteiger partial charge in [0, 0.05) is 20.2 Å². The normalized spacial score (nSPS) is 10.7. The molecule has 1 heterocycles. The highest BCUT2D eigenvalue weighted by Crippen LogP contribution is 2.25. The quantitative estimate of drug-likeness (QED) is 0.593. The van der Waals surface area contributed by atoms with Gasteiger partial charge in [0.15, 0.2) is 0 Å². The van der Waals surface area contributed by atoms with E-state index in [1.54, 1.807) is 6.92 Å². The van der Waals surface area contributed by atoms with Crippen LogP contribution in [0.2, 0.25) is 0 Å². The predicted octanol–water partition coefficient (Wildman–Crippen LogP) is 2.11. The highest BCUT2D eigenvalue weighted by molar-refractivity contribution is 5.48. The SMILES string of the molecule is CCN(CCOC)c1c(F)c(F)nc(F)c1F. The van der Waals surface area contributed by atoms with Crippen molar-refractivity contribution in [2.24, 2.45) is 0 Å². The molecule has 0 amide bonds. The number of halogens is 4. The largest absolute Gasteiger partial charge is 0.383 e. The topological polar surface area (TPSA) is 25.4 Å². The third kappa shape index (κ3) is 2.85. The van der Waals surface area contributed by atoms with Gasteiger partial charge in [-0.1, -0.05) is 0 Å². The van der Waals surface area contributed by atoms with E-state index in [9.17, 15) is 17.6 Å². The molecule has 7 heteroatoms. The van der Waals surface area contributed by atoms with E-state index >= 15 is 0 Å². The zero-order valence-corrected chi connectivity index (χ0v) is 9.44. The first kappa shape index (κ1) is 13.7. The second-order valence-electron chi connectivity index (χ2n) is 3.24. The summed E-state index contributed by atoms with van der Waals surface area (Å²) in [6.07, 6.45) is 0. The van der Waals surface area contributed by atoms with Gasteiger partial charge in [-0.2, -0.15) is 22.5 Å². The second-order valence-corrected chi connectivity index (χ2v) is 3.24. The molecule has 0 saturated heterocycles. The maximum Gasteiger partial charge on any atom is 0.253 e. The molecule has 0 saturated carbocycles. The first-order valence-corrected chi connectivity index (χ1v) is 4.96. The van der Waals surface area contributed by atoms with Crippen LogP contribution in [0.4, 0.5) is 23.2 Å². The van der Waals surface area contributed by atoms with Crippen LogP contribution in [0.5, 0.6) is 0 Å². The van der Waals surface area contributed by atoms with Gasteiger partial charge in [0.2, 0.25) is 11.6 Å². The molecule has 0 radical (unpaired) electrons. The van der Waals surface area contributed by atoms with Gasteiger partial charge >= 0.3 is 0 Å². The molecule has 1 aromatic rings. The molecule has 0 aliphatic rings. The van der Waals surface area contributed by atoms with Crippen LogP contribution in [0.25, 0.3) is 0 Å². The van der Waals surface area contributed by atoms with Crippen LogP contribution in [-0.2, 0) is 4.74 Å². The Morgan fingerprint density at radius 2 is 1.65 bits per heavy atom. The molecule has 0 atom stereocenters. The van der Waals surface area contributed by atoms with Crippen molar-refractivity contribution in [3.63, 3.8) is 0 Å². The van der Waals surface area contributed by atoms with Crippen molar-refractivity contribution >= 4 is 5.69 Å². The minimum atomic E-state index is -1.66. The van der Waals surface area contributed by atoms with Gasteiger partial charge < -0.3 is 9.64 Å². The first-order chi connectivity index (χ1) is 8.02. The zero-order valence-electron chi connectivity index (χ0n) is 9.44. The lowest BCUT2D eigenvalue weighted by atomic mass is 10.3. The molecule has 0 aliphatic heterocycles. The summed E-state index contributed by atoms with van der Waals surface area (Å²) in [5.74, 6) is -6.31. The maximum atomic E-state index is 13.4. The average molecular weight is 252 g/mol. The molecule has 0 aliphatic carbocycles. The summed E-state index contributed by atoms with van der Waals surface area (Å²) in [5.41, 5.74) is -0.755. The molecule has 3 nitrogen and oxygen atoms in total. The van der Waals surface area contributed by atoms with E-state index in [4.69, 9.17) is 4.74 Å². The third-order valence-corrected chi connectivity index (χ3v) is 2.24. The molecule has 1 rings (SSSR count). The molecule has 0 aromatic carbocycles. The van der Waals surface area contributed by atoms with Gasteiger partial charge in [-0.25, -0.2) is 0 Å². The smallest absolute Gasteiger partial charge is 0.253 e.